The van der Waals surface area contributed by atoms with E-state index >= 15 is 0 Å². The second-order valence-corrected chi connectivity index (χ2v) is 6.93. The van der Waals surface area contributed by atoms with E-state index in [1.165, 1.54) is 44.1 Å². The molecule has 3 heteroatoms. The Morgan fingerprint density at radius 1 is 1.22 bits per heavy atom. The molecular formula is C20H31NO2. The largest absolute Gasteiger partial charge is 0.481 e. The minimum atomic E-state index is -0.697. The molecule has 128 valence electrons. The zero-order chi connectivity index (χ0) is 16.5. The summed E-state index contributed by atoms with van der Waals surface area (Å²) in [5.41, 5.74) is 1.29. The Bertz CT molecular complexity index is 454. The third-order valence-corrected chi connectivity index (χ3v) is 5.05. The van der Waals surface area contributed by atoms with Crippen LogP contribution in [0.5, 0.6) is 0 Å². The first-order valence-electron chi connectivity index (χ1n) is 9.20. The molecule has 2 N–H and O–H groups in total. The summed E-state index contributed by atoms with van der Waals surface area (Å²) >= 11 is 0. The van der Waals surface area contributed by atoms with E-state index in [-0.39, 0.29) is 12.5 Å². The van der Waals surface area contributed by atoms with Crippen LogP contribution in [-0.4, -0.2) is 23.2 Å². The maximum absolute atomic E-state index is 11.0. The molecule has 3 nitrogen and oxygen atoms in total. The number of carbonyl (C=O) groups is 1. The van der Waals surface area contributed by atoms with Crippen molar-refractivity contribution in [2.24, 2.45) is 5.92 Å². The fourth-order valence-electron chi connectivity index (χ4n) is 3.87. The van der Waals surface area contributed by atoms with E-state index in [1.807, 2.05) is 6.07 Å². The number of aliphatic carboxylic acids is 1. The lowest BCUT2D eigenvalue weighted by molar-refractivity contribution is -0.137. The summed E-state index contributed by atoms with van der Waals surface area (Å²) in [6.07, 6.45) is 9.61. The molecule has 0 aromatic heterocycles. The molecule has 0 saturated heterocycles. The van der Waals surface area contributed by atoms with Gasteiger partial charge in [-0.3, -0.25) is 4.79 Å². The van der Waals surface area contributed by atoms with Crippen LogP contribution >= 0.6 is 0 Å². The van der Waals surface area contributed by atoms with E-state index in [2.05, 4.69) is 36.5 Å². The topological polar surface area (TPSA) is 49.3 Å². The van der Waals surface area contributed by atoms with Crippen LogP contribution in [0.15, 0.2) is 30.3 Å². The summed E-state index contributed by atoms with van der Waals surface area (Å²) in [5, 5.41) is 12.9. The van der Waals surface area contributed by atoms with E-state index in [1.54, 1.807) is 0 Å². The van der Waals surface area contributed by atoms with Gasteiger partial charge in [-0.05, 0) is 43.6 Å². The molecule has 1 aliphatic carbocycles. The van der Waals surface area contributed by atoms with Gasteiger partial charge in [-0.1, -0.05) is 56.5 Å². The van der Waals surface area contributed by atoms with Crippen molar-refractivity contribution < 1.29 is 9.90 Å². The van der Waals surface area contributed by atoms with Crippen molar-refractivity contribution >= 4 is 5.97 Å². The highest BCUT2D eigenvalue weighted by atomic mass is 16.4. The van der Waals surface area contributed by atoms with Crippen LogP contribution < -0.4 is 5.32 Å². The van der Waals surface area contributed by atoms with E-state index in [9.17, 15) is 4.79 Å². The highest BCUT2D eigenvalue weighted by Crippen LogP contribution is 2.30. The number of benzene rings is 1. The van der Waals surface area contributed by atoms with Crippen molar-refractivity contribution in [3.8, 4) is 0 Å². The second-order valence-electron chi connectivity index (χ2n) is 6.93. The Morgan fingerprint density at radius 3 is 2.52 bits per heavy atom. The van der Waals surface area contributed by atoms with E-state index in [0.717, 1.165) is 12.3 Å². The van der Waals surface area contributed by atoms with Gasteiger partial charge in [-0.2, -0.15) is 0 Å². The van der Waals surface area contributed by atoms with Gasteiger partial charge in [0.15, 0.2) is 0 Å². The molecule has 0 amide bonds. The molecule has 1 aromatic rings. The van der Waals surface area contributed by atoms with Gasteiger partial charge in [0.2, 0.25) is 0 Å². The first-order chi connectivity index (χ1) is 11.2. The van der Waals surface area contributed by atoms with Crippen molar-refractivity contribution in [1.29, 1.82) is 0 Å². The van der Waals surface area contributed by atoms with Crippen LogP contribution in [-0.2, 0) is 11.2 Å². The average Bonchev–Trinajstić information content (AvgIpc) is 3.07. The van der Waals surface area contributed by atoms with Crippen molar-refractivity contribution in [3.63, 3.8) is 0 Å². The smallest absolute Gasteiger partial charge is 0.303 e. The maximum Gasteiger partial charge on any atom is 0.303 e. The van der Waals surface area contributed by atoms with E-state index in [0.29, 0.717) is 12.5 Å². The average molecular weight is 317 g/mol. The summed E-state index contributed by atoms with van der Waals surface area (Å²) in [6, 6.07) is 11.2. The molecule has 2 rings (SSSR count). The minimum Gasteiger partial charge on any atom is -0.481 e. The Labute approximate surface area is 140 Å². The quantitative estimate of drug-likeness (QED) is 0.672. The molecule has 1 aromatic carbocycles. The highest BCUT2D eigenvalue weighted by Gasteiger charge is 2.26. The van der Waals surface area contributed by atoms with Gasteiger partial charge in [0.05, 0.1) is 0 Å². The summed E-state index contributed by atoms with van der Waals surface area (Å²) in [4.78, 5) is 11.0. The van der Waals surface area contributed by atoms with Crippen molar-refractivity contribution in [3.05, 3.63) is 35.9 Å². The van der Waals surface area contributed by atoms with Gasteiger partial charge in [0.1, 0.15) is 0 Å². The van der Waals surface area contributed by atoms with Crippen molar-refractivity contribution in [2.45, 2.75) is 76.8 Å². The molecule has 0 heterocycles. The standard InChI is InChI=1S/C20H31NO2/c1-2-8-19(17-11-6-7-12-17)21-18(13-14-20(22)23)15-16-9-4-3-5-10-16/h3-5,9-10,17-19,21H,2,6-8,11-15H2,1H3,(H,22,23). The number of rotatable bonds is 10. The number of nitrogens with one attached hydrogen (secondary N) is 1. The maximum atomic E-state index is 11.0. The Hall–Kier alpha value is -1.35. The fourth-order valence-corrected chi connectivity index (χ4v) is 3.87. The van der Waals surface area contributed by atoms with Crippen LogP contribution in [0.4, 0.5) is 0 Å². The molecule has 0 spiro atoms. The summed E-state index contributed by atoms with van der Waals surface area (Å²) in [6.45, 7) is 2.24. The molecular weight excluding hydrogens is 286 g/mol. The lowest BCUT2D eigenvalue weighted by Crippen LogP contribution is -2.43. The van der Waals surface area contributed by atoms with Gasteiger partial charge < -0.3 is 10.4 Å². The minimum absolute atomic E-state index is 0.244. The third kappa shape index (κ3) is 6.34. The van der Waals surface area contributed by atoms with Crippen LogP contribution in [0, 0.1) is 5.92 Å². The molecule has 0 aliphatic heterocycles. The zero-order valence-electron chi connectivity index (χ0n) is 14.3. The van der Waals surface area contributed by atoms with Gasteiger partial charge >= 0.3 is 5.97 Å². The van der Waals surface area contributed by atoms with E-state index in [4.69, 9.17) is 5.11 Å². The van der Waals surface area contributed by atoms with Crippen molar-refractivity contribution in [2.75, 3.05) is 0 Å². The molecule has 2 atom stereocenters. The first-order valence-corrected chi connectivity index (χ1v) is 9.20. The molecule has 23 heavy (non-hydrogen) atoms. The number of hydrogen-bond donors (Lipinski definition) is 2. The zero-order valence-corrected chi connectivity index (χ0v) is 14.3. The van der Waals surface area contributed by atoms with Gasteiger partial charge in [0.25, 0.3) is 0 Å². The number of hydrogen-bond acceptors (Lipinski definition) is 2. The summed E-state index contributed by atoms with van der Waals surface area (Å²) in [7, 11) is 0. The van der Waals surface area contributed by atoms with Crippen molar-refractivity contribution in [1.82, 2.24) is 5.32 Å². The lowest BCUT2D eigenvalue weighted by atomic mass is 9.91. The monoisotopic (exact) mass is 317 g/mol. The fraction of sp³-hybridized carbons (Fsp3) is 0.650. The van der Waals surface area contributed by atoms with Gasteiger partial charge in [-0.25, -0.2) is 0 Å². The molecule has 0 bridgehead atoms. The van der Waals surface area contributed by atoms with Gasteiger partial charge in [0, 0.05) is 18.5 Å². The second kappa shape index (κ2) is 9.71. The molecule has 1 saturated carbocycles. The highest BCUT2D eigenvalue weighted by molar-refractivity contribution is 5.66. The van der Waals surface area contributed by atoms with Crippen LogP contribution in [0.1, 0.15) is 63.9 Å². The summed E-state index contributed by atoms with van der Waals surface area (Å²) < 4.78 is 0. The molecule has 0 radical (unpaired) electrons. The predicted molar refractivity (Wildman–Crippen MR) is 94.6 cm³/mol. The van der Waals surface area contributed by atoms with Crippen LogP contribution in [0.3, 0.4) is 0 Å². The van der Waals surface area contributed by atoms with Crippen LogP contribution in [0.2, 0.25) is 0 Å². The predicted octanol–water partition coefficient (Wildman–Crippen LogP) is 4.41. The normalized spacial score (nSPS) is 18.0. The van der Waals surface area contributed by atoms with Gasteiger partial charge in [-0.15, -0.1) is 0 Å². The SMILES string of the molecule is CCCC(NC(CCC(=O)O)Cc1ccccc1)C1CCCC1. The Kier molecular flexibility index (Phi) is 7.60. The number of carboxylic acids is 1. The Balaban J connectivity index is 1.99. The summed E-state index contributed by atoms with van der Waals surface area (Å²) in [5.74, 6) is 0.0795. The van der Waals surface area contributed by atoms with Crippen LogP contribution in [0.25, 0.3) is 0 Å². The third-order valence-electron chi connectivity index (χ3n) is 5.05. The lowest BCUT2D eigenvalue weighted by Gasteiger charge is -2.30. The Morgan fingerprint density at radius 2 is 1.91 bits per heavy atom. The molecule has 1 aliphatic rings. The first kappa shape index (κ1) is 18.0. The molecule has 1 fully saturated rings. The van der Waals surface area contributed by atoms with E-state index < -0.39 is 5.97 Å². The number of carboxylic acid groups (broad SMARTS) is 1. The molecule has 2 unspecified atom stereocenters.